The molecule has 0 heterocycles. The summed E-state index contributed by atoms with van der Waals surface area (Å²) in [5.74, 6) is 0. The van der Waals surface area contributed by atoms with Crippen LogP contribution in [0.3, 0.4) is 0 Å². The lowest BCUT2D eigenvalue weighted by Gasteiger charge is -2.22. The topological polar surface area (TPSA) is 38.0 Å². The Hall–Kier alpha value is -0.860. The van der Waals surface area contributed by atoms with Crippen LogP contribution < -0.4 is 11.1 Å². The second-order valence-corrected chi connectivity index (χ2v) is 4.50. The molecule has 3 N–H and O–H groups in total. The van der Waals surface area contributed by atoms with Crippen LogP contribution in [0.2, 0.25) is 0 Å². The molecule has 0 saturated heterocycles. The maximum absolute atomic E-state index is 5.90. The molecule has 0 radical (unpaired) electrons. The Kier molecular flexibility index (Phi) is 3.67. The SMILES string of the molecule is C[C@@H](NCC(C)(C)N)c1ccccc1. The zero-order chi connectivity index (χ0) is 10.6. The van der Waals surface area contributed by atoms with Gasteiger partial charge in [0, 0.05) is 18.1 Å². The van der Waals surface area contributed by atoms with E-state index < -0.39 is 0 Å². The minimum absolute atomic E-state index is 0.150. The van der Waals surface area contributed by atoms with Gasteiger partial charge < -0.3 is 11.1 Å². The molecule has 1 aromatic carbocycles. The molecule has 2 nitrogen and oxygen atoms in total. The highest BCUT2D eigenvalue weighted by Gasteiger charge is 2.12. The number of rotatable bonds is 4. The molecule has 0 spiro atoms. The van der Waals surface area contributed by atoms with E-state index in [-0.39, 0.29) is 5.54 Å². The van der Waals surface area contributed by atoms with Crippen molar-refractivity contribution in [3.63, 3.8) is 0 Å². The quantitative estimate of drug-likeness (QED) is 0.766. The van der Waals surface area contributed by atoms with Gasteiger partial charge in [-0.25, -0.2) is 0 Å². The lowest BCUT2D eigenvalue weighted by Crippen LogP contribution is -2.43. The predicted molar refractivity (Wildman–Crippen MR) is 61.1 cm³/mol. The van der Waals surface area contributed by atoms with Gasteiger partial charge in [-0.1, -0.05) is 30.3 Å². The molecule has 1 rings (SSSR count). The van der Waals surface area contributed by atoms with E-state index in [9.17, 15) is 0 Å². The molecule has 1 atom stereocenters. The molecule has 0 aliphatic rings. The van der Waals surface area contributed by atoms with E-state index in [1.54, 1.807) is 0 Å². The van der Waals surface area contributed by atoms with Gasteiger partial charge in [-0.2, -0.15) is 0 Å². The Bertz CT molecular complexity index is 261. The maximum atomic E-state index is 5.90. The van der Waals surface area contributed by atoms with Crippen LogP contribution in [0, 0.1) is 0 Å². The molecule has 0 unspecified atom stereocenters. The van der Waals surface area contributed by atoms with Crippen LogP contribution in [0.15, 0.2) is 30.3 Å². The third kappa shape index (κ3) is 3.90. The molecule has 0 amide bonds. The molecule has 0 aromatic heterocycles. The van der Waals surface area contributed by atoms with Gasteiger partial charge in [-0.05, 0) is 26.3 Å². The summed E-state index contributed by atoms with van der Waals surface area (Å²) in [5, 5.41) is 3.41. The Balaban J connectivity index is 2.48. The summed E-state index contributed by atoms with van der Waals surface area (Å²) in [4.78, 5) is 0. The van der Waals surface area contributed by atoms with Gasteiger partial charge in [0.25, 0.3) is 0 Å². The number of hydrogen-bond donors (Lipinski definition) is 2. The standard InChI is InChI=1S/C12H20N2/c1-10(14-9-12(2,3)13)11-7-5-4-6-8-11/h4-8,10,14H,9,13H2,1-3H3/t10-/m1/s1. The first-order valence-corrected chi connectivity index (χ1v) is 5.06. The average Bonchev–Trinajstić information content (AvgIpc) is 2.14. The second kappa shape index (κ2) is 4.58. The van der Waals surface area contributed by atoms with Crippen LogP contribution in [0.5, 0.6) is 0 Å². The van der Waals surface area contributed by atoms with E-state index in [0.29, 0.717) is 6.04 Å². The second-order valence-electron chi connectivity index (χ2n) is 4.50. The third-order valence-electron chi connectivity index (χ3n) is 2.16. The zero-order valence-corrected chi connectivity index (χ0v) is 9.25. The van der Waals surface area contributed by atoms with Crippen LogP contribution in [-0.2, 0) is 0 Å². The Morgan fingerprint density at radius 3 is 2.36 bits per heavy atom. The van der Waals surface area contributed by atoms with E-state index in [1.165, 1.54) is 5.56 Å². The van der Waals surface area contributed by atoms with Crippen LogP contribution in [0.25, 0.3) is 0 Å². The number of benzene rings is 1. The summed E-state index contributed by atoms with van der Waals surface area (Å²) in [5.41, 5.74) is 7.05. The van der Waals surface area contributed by atoms with Crippen LogP contribution in [0.4, 0.5) is 0 Å². The van der Waals surface area contributed by atoms with Gasteiger partial charge in [0.15, 0.2) is 0 Å². The lowest BCUT2D eigenvalue weighted by atomic mass is 10.0. The van der Waals surface area contributed by atoms with Gasteiger partial charge in [0.1, 0.15) is 0 Å². The monoisotopic (exact) mass is 192 g/mol. The zero-order valence-electron chi connectivity index (χ0n) is 9.25. The number of nitrogens with one attached hydrogen (secondary N) is 1. The first kappa shape index (κ1) is 11.2. The number of hydrogen-bond acceptors (Lipinski definition) is 2. The van der Waals surface area contributed by atoms with E-state index in [0.717, 1.165) is 6.54 Å². The van der Waals surface area contributed by atoms with Crippen molar-refractivity contribution in [1.82, 2.24) is 5.32 Å². The summed E-state index contributed by atoms with van der Waals surface area (Å²) in [6.07, 6.45) is 0. The van der Waals surface area contributed by atoms with Crippen LogP contribution in [-0.4, -0.2) is 12.1 Å². The molecule has 14 heavy (non-hydrogen) atoms. The van der Waals surface area contributed by atoms with Crippen molar-refractivity contribution in [1.29, 1.82) is 0 Å². The van der Waals surface area contributed by atoms with E-state index >= 15 is 0 Å². The highest BCUT2D eigenvalue weighted by atomic mass is 14.9. The highest BCUT2D eigenvalue weighted by Crippen LogP contribution is 2.11. The number of nitrogens with two attached hydrogens (primary N) is 1. The molecule has 0 saturated carbocycles. The normalized spacial score (nSPS) is 14.0. The molecule has 2 heteroatoms. The van der Waals surface area contributed by atoms with Crippen molar-refractivity contribution in [2.75, 3.05) is 6.54 Å². The van der Waals surface area contributed by atoms with Crippen molar-refractivity contribution in [2.24, 2.45) is 5.73 Å². The molecule has 78 valence electrons. The van der Waals surface area contributed by atoms with E-state index in [1.807, 2.05) is 19.9 Å². The molecule has 1 aromatic rings. The maximum Gasteiger partial charge on any atom is 0.0292 e. The fourth-order valence-electron chi connectivity index (χ4n) is 1.28. The fraction of sp³-hybridized carbons (Fsp3) is 0.500. The van der Waals surface area contributed by atoms with Crippen molar-refractivity contribution in [2.45, 2.75) is 32.4 Å². The van der Waals surface area contributed by atoms with Gasteiger partial charge >= 0.3 is 0 Å². The van der Waals surface area contributed by atoms with Crippen molar-refractivity contribution in [3.05, 3.63) is 35.9 Å². The summed E-state index contributed by atoms with van der Waals surface area (Å²) in [6, 6.07) is 10.8. The van der Waals surface area contributed by atoms with Crippen molar-refractivity contribution < 1.29 is 0 Å². The van der Waals surface area contributed by atoms with Gasteiger partial charge in [0.2, 0.25) is 0 Å². The van der Waals surface area contributed by atoms with Gasteiger partial charge in [-0.15, -0.1) is 0 Å². The van der Waals surface area contributed by atoms with Crippen molar-refractivity contribution >= 4 is 0 Å². The molecule has 0 bridgehead atoms. The Morgan fingerprint density at radius 1 is 1.29 bits per heavy atom. The lowest BCUT2D eigenvalue weighted by molar-refractivity contribution is 0.434. The molecular formula is C12H20N2. The first-order chi connectivity index (χ1) is 6.49. The molecular weight excluding hydrogens is 172 g/mol. The fourth-order valence-corrected chi connectivity index (χ4v) is 1.28. The van der Waals surface area contributed by atoms with E-state index in [4.69, 9.17) is 5.73 Å². The minimum Gasteiger partial charge on any atom is -0.324 e. The largest absolute Gasteiger partial charge is 0.324 e. The van der Waals surface area contributed by atoms with Gasteiger partial charge in [0.05, 0.1) is 0 Å². The summed E-state index contributed by atoms with van der Waals surface area (Å²) in [7, 11) is 0. The van der Waals surface area contributed by atoms with Gasteiger partial charge in [-0.3, -0.25) is 0 Å². The molecule has 0 fully saturated rings. The minimum atomic E-state index is -0.150. The molecule has 0 aliphatic heterocycles. The Morgan fingerprint density at radius 2 is 1.86 bits per heavy atom. The summed E-state index contributed by atoms with van der Waals surface area (Å²) >= 11 is 0. The summed E-state index contributed by atoms with van der Waals surface area (Å²) < 4.78 is 0. The smallest absolute Gasteiger partial charge is 0.0292 e. The van der Waals surface area contributed by atoms with Crippen molar-refractivity contribution in [3.8, 4) is 0 Å². The Labute approximate surface area is 86.5 Å². The first-order valence-electron chi connectivity index (χ1n) is 5.06. The predicted octanol–water partition coefficient (Wildman–Crippen LogP) is 2.07. The van der Waals surface area contributed by atoms with Crippen LogP contribution >= 0.6 is 0 Å². The van der Waals surface area contributed by atoms with Crippen LogP contribution in [0.1, 0.15) is 32.4 Å². The molecule has 0 aliphatic carbocycles. The average molecular weight is 192 g/mol. The third-order valence-corrected chi connectivity index (χ3v) is 2.16. The highest BCUT2D eigenvalue weighted by molar-refractivity contribution is 5.18. The summed E-state index contributed by atoms with van der Waals surface area (Å²) in [6.45, 7) is 7.03. The van der Waals surface area contributed by atoms with E-state index in [2.05, 4.69) is 36.5 Å².